The van der Waals surface area contributed by atoms with E-state index in [1.165, 1.54) is 12.1 Å². The first kappa shape index (κ1) is 17.2. The largest absolute Gasteiger partial charge is 0.416 e. The van der Waals surface area contributed by atoms with E-state index in [-0.39, 0.29) is 5.69 Å². The summed E-state index contributed by atoms with van der Waals surface area (Å²) >= 11 is 0. The number of carbonyl (C=O) groups excluding carboxylic acids is 1. The van der Waals surface area contributed by atoms with E-state index in [4.69, 9.17) is 5.11 Å². The van der Waals surface area contributed by atoms with Gasteiger partial charge in [0.05, 0.1) is 6.54 Å². The number of hydrogen-bond acceptors (Lipinski definition) is 2. The molecule has 0 bridgehead atoms. The fraction of sp³-hybridized carbons (Fsp3) is 0.462. The van der Waals surface area contributed by atoms with Crippen LogP contribution in [0.5, 0.6) is 0 Å². The van der Waals surface area contributed by atoms with Gasteiger partial charge in [-0.25, -0.2) is 9.18 Å². The first-order chi connectivity index (χ1) is 9.65. The number of benzene rings is 1. The molecule has 118 valence electrons. The van der Waals surface area contributed by atoms with Crippen LogP contribution in [-0.2, 0) is 6.42 Å². The first-order valence-electron chi connectivity index (χ1n) is 6.20. The molecule has 4 nitrogen and oxygen atoms in total. The highest BCUT2D eigenvalue weighted by molar-refractivity contribution is 5.89. The lowest BCUT2D eigenvalue weighted by Gasteiger charge is -2.22. The molecular formula is C13H16F4N2O2. The molecule has 0 saturated carbocycles. The van der Waals surface area contributed by atoms with E-state index in [0.29, 0.717) is 16.9 Å². The number of carbonyl (C=O) groups is 1. The Morgan fingerprint density at radius 2 is 2.05 bits per heavy atom. The molecule has 0 radical (unpaired) electrons. The minimum Gasteiger partial charge on any atom is -0.382 e. The van der Waals surface area contributed by atoms with Crippen LogP contribution in [0.25, 0.3) is 0 Å². The van der Waals surface area contributed by atoms with E-state index < -0.39 is 30.7 Å². The molecule has 0 aliphatic rings. The molecule has 1 rings (SSSR count). The summed E-state index contributed by atoms with van der Waals surface area (Å²) in [4.78, 5) is 12.3. The van der Waals surface area contributed by atoms with E-state index in [1.807, 2.05) is 0 Å². The maximum absolute atomic E-state index is 13.5. The van der Waals surface area contributed by atoms with E-state index in [9.17, 15) is 22.4 Å². The molecular weight excluding hydrogens is 292 g/mol. The van der Waals surface area contributed by atoms with Gasteiger partial charge in [-0.05, 0) is 24.1 Å². The summed E-state index contributed by atoms with van der Waals surface area (Å²) in [6, 6.07) is 3.15. The fourth-order valence-electron chi connectivity index (χ4n) is 1.58. The van der Waals surface area contributed by atoms with Gasteiger partial charge in [0.2, 0.25) is 0 Å². The molecule has 1 aromatic carbocycles. The smallest absolute Gasteiger partial charge is 0.382 e. The van der Waals surface area contributed by atoms with E-state index >= 15 is 0 Å². The second kappa shape index (κ2) is 6.75. The maximum Gasteiger partial charge on any atom is 0.416 e. The number of alkyl halides is 3. The second-order valence-corrected chi connectivity index (χ2v) is 4.53. The number of likely N-dealkylation sites (N-methyl/N-ethyl adjacent to an activating group) is 1. The number of rotatable bonds is 4. The number of hydrogen-bond donors (Lipinski definition) is 2. The first-order valence-corrected chi connectivity index (χ1v) is 6.20. The number of aryl methyl sites for hydroxylation is 1. The molecule has 1 unspecified atom stereocenters. The van der Waals surface area contributed by atoms with E-state index in [1.54, 1.807) is 6.92 Å². The minimum atomic E-state index is -4.80. The Kier molecular flexibility index (Phi) is 5.54. The highest BCUT2D eigenvalue weighted by Gasteiger charge is 2.39. The van der Waals surface area contributed by atoms with Crippen molar-refractivity contribution in [3.05, 3.63) is 29.6 Å². The van der Waals surface area contributed by atoms with Crippen LogP contribution >= 0.6 is 0 Å². The molecule has 0 heterocycles. The standard InChI is InChI=1S/C13H16F4N2O2/c1-3-8-4-5-9(6-10(8)14)18-12(21)19(2)7-11(20)13(15,16)17/h4-6,11,20H,3,7H2,1-2H3,(H,18,21). The van der Waals surface area contributed by atoms with Gasteiger partial charge in [0.15, 0.2) is 6.10 Å². The Balaban J connectivity index is 2.66. The lowest BCUT2D eigenvalue weighted by Crippen LogP contribution is -2.43. The van der Waals surface area contributed by atoms with Crippen molar-refractivity contribution in [1.82, 2.24) is 4.90 Å². The minimum absolute atomic E-state index is 0.128. The van der Waals surface area contributed by atoms with Crippen LogP contribution in [0.2, 0.25) is 0 Å². The predicted molar refractivity (Wildman–Crippen MR) is 69.5 cm³/mol. The molecule has 0 fully saturated rings. The number of amides is 2. The lowest BCUT2D eigenvalue weighted by atomic mass is 10.1. The molecule has 2 N–H and O–H groups in total. The van der Waals surface area contributed by atoms with Crippen molar-refractivity contribution in [2.75, 3.05) is 18.9 Å². The van der Waals surface area contributed by atoms with Crippen LogP contribution in [0.15, 0.2) is 18.2 Å². The third kappa shape index (κ3) is 4.89. The van der Waals surface area contributed by atoms with Crippen LogP contribution in [-0.4, -0.2) is 41.9 Å². The van der Waals surface area contributed by atoms with Crippen LogP contribution < -0.4 is 5.32 Å². The Hall–Kier alpha value is -1.83. The van der Waals surface area contributed by atoms with Gasteiger partial charge in [-0.3, -0.25) is 0 Å². The van der Waals surface area contributed by atoms with Gasteiger partial charge in [0.25, 0.3) is 0 Å². The van der Waals surface area contributed by atoms with Crippen molar-refractivity contribution >= 4 is 11.7 Å². The third-order valence-corrected chi connectivity index (χ3v) is 2.86. The molecule has 8 heteroatoms. The number of halogens is 4. The van der Waals surface area contributed by atoms with Crippen molar-refractivity contribution in [1.29, 1.82) is 0 Å². The highest BCUT2D eigenvalue weighted by atomic mass is 19.4. The van der Waals surface area contributed by atoms with Gasteiger partial charge in [-0.1, -0.05) is 13.0 Å². The van der Waals surface area contributed by atoms with Gasteiger partial charge in [0.1, 0.15) is 5.82 Å². The van der Waals surface area contributed by atoms with Crippen molar-refractivity contribution in [2.24, 2.45) is 0 Å². The molecule has 0 spiro atoms. The zero-order valence-electron chi connectivity index (χ0n) is 11.5. The van der Waals surface area contributed by atoms with Crippen LogP contribution in [0.1, 0.15) is 12.5 Å². The van der Waals surface area contributed by atoms with Gasteiger partial charge >= 0.3 is 12.2 Å². The molecule has 21 heavy (non-hydrogen) atoms. The average Bonchev–Trinajstić information content (AvgIpc) is 2.37. The van der Waals surface area contributed by atoms with Crippen LogP contribution in [0.4, 0.5) is 28.0 Å². The lowest BCUT2D eigenvalue weighted by molar-refractivity contribution is -0.205. The Morgan fingerprint density at radius 3 is 2.52 bits per heavy atom. The highest BCUT2D eigenvalue weighted by Crippen LogP contribution is 2.21. The van der Waals surface area contributed by atoms with Crippen LogP contribution in [0.3, 0.4) is 0 Å². The summed E-state index contributed by atoms with van der Waals surface area (Å²) in [5.74, 6) is -0.506. The van der Waals surface area contributed by atoms with Crippen molar-refractivity contribution in [3.63, 3.8) is 0 Å². The molecule has 1 atom stereocenters. The molecule has 0 aliphatic carbocycles. The molecule has 2 amide bonds. The number of nitrogens with zero attached hydrogens (tertiary/aromatic N) is 1. The normalized spacial score (nSPS) is 12.9. The number of urea groups is 1. The van der Waals surface area contributed by atoms with E-state index in [2.05, 4.69) is 5.32 Å². The summed E-state index contributed by atoms with van der Waals surface area (Å²) in [7, 11) is 1.10. The van der Waals surface area contributed by atoms with Crippen molar-refractivity contribution in [2.45, 2.75) is 25.6 Å². The Labute approximate surface area is 119 Å². The van der Waals surface area contributed by atoms with Crippen molar-refractivity contribution in [3.8, 4) is 0 Å². The zero-order valence-corrected chi connectivity index (χ0v) is 11.5. The molecule has 0 aromatic heterocycles. The zero-order chi connectivity index (χ0) is 16.2. The van der Waals surface area contributed by atoms with Crippen LogP contribution in [0, 0.1) is 5.82 Å². The molecule has 0 aliphatic heterocycles. The summed E-state index contributed by atoms with van der Waals surface area (Å²) < 4.78 is 50.0. The Bertz CT molecular complexity index is 505. The number of nitrogens with one attached hydrogen (secondary N) is 1. The summed E-state index contributed by atoms with van der Waals surface area (Å²) in [5, 5.41) is 11.1. The SMILES string of the molecule is CCc1ccc(NC(=O)N(C)CC(O)C(F)(F)F)cc1F. The molecule has 1 aromatic rings. The Morgan fingerprint density at radius 1 is 1.43 bits per heavy atom. The topological polar surface area (TPSA) is 52.6 Å². The van der Waals surface area contributed by atoms with Gasteiger partial charge in [-0.2, -0.15) is 13.2 Å². The summed E-state index contributed by atoms with van der Waals surface area (Å²) in [5.41, 5.74) is 0.594. The van der Waals surface area contributed by atoms with E-state index in [0.717, 1.165) is 13.1 Å². The second-order valence-electron chi connectivity index (χ2n) is 4.53. The predicted octanol–water partition coefficient (Wildman–Crippen LogP) is 2.78. The van der Waals surface area contributed by atoms with Crippen molar-refractivity contribution < 1.29 is 27.5 Å². The number of anilines is 1. The average molecular weight is 308 g/mol. The fourth-order valence-corrected chi connectivity index (χ4v) is 1.58. The van der Waals surface area contributed by atoms with Gasteiger partial charge in [0, 0.05) is 12.7 Å². The maximum atomic E-state index is 13.5. The number of aliphatic hydroxyl groups is 1. The molecule has 0 saturated heterocycles. The third-order valence-electron chi connectivity index (χ3n) is 2.86. The monoisotopic (exact) mass is 308 g/mol. The number of aliphatic hydroxyl groups excluding tert-OH is 1. The van der Waals surface area contributed by atoms with Gasteiger partial charge in [-0.15, -0.1) is 0 Å². The quantitative estimate of drug-likeness (QED) is 0.840. The van der Waals surface area contributed by atoms with Gasteiger partial charge < -0.3 is 15.3 Å². The summed E-state index contributed by atoms with van der Waals surface area (Å²) in [6.07, 6.45) is -6.95. The summed E-state index contributed by atoms with van der Waals surface area (Å²) in [6.45, 7) is 0.855.